The number of hydrogen-bond acceptors (Lipinski definition) is 3. The Kier molecular flexibility index (Phi) is 3.30. The van der Waals surface area contributed by atoms with E-state index in [-0.39, 0.29) is 17.1 Å². The molecule has 0 radical (unpaired) electrons. The topological polar surface area (TPSA) is 57.5 Å². The van der Waals surface area contributed by atoms with Crippen LogP contribution in [0.2, 0.25) is 0 Å². The molecule has 0 saturated heterocycles. The molecule has 0 heterocycles. The first-order chi connectivity index (χ1) is 8.97. The predicted molar refractivity (Wildman–Crippen MR) is 74.8 cm³/mol. The number of carbonyl (C=O) groups excluding carboxylic acids is 1. The zero-order chi connectivity index (χ0) is 14.2. The Bertz CT molecular complexity index is 658. The molecular formula is C16H16O3. The van der Waals surface area contributed by atoms with Crippen LogP contribution in [0.3, 0.4) is 0 Å². The van der Waals surface area contributed by atoms with Crippen molar-refractivity contribution in [3.8, 4) is 22.6 Å². The molecule has 0 fully saturated rings. The zero-order valence-corrected chi connectivity index (χ0v) is 11.2. The van der Waals surface area contributed by atoms with Gasteiger partial charge in [-0.3, -0.25) is 4.79 Å². The van der Waals surface area contributed by atoms with Crippen molar-refractivity contribution >= 4 is 6.29 Å². The van der Waals surface area contributed by atoms with Gasteiger partial charge in [0.05, 0.1) is 5.56 Å². The molecule has 0 saturated carbocycles. The summed E-state index contributed by atoms with van der Waals surface area (Å²) >= 11 is 0. The lowest BCUT2D eigenvalue weighted by molar-refractivity contribution is 0.112. The molecule has 0 unspecified atom stereocenters. The first kappa shape index (κ1) is 13.1. The summed E-state index contributed by atoms with van der Waals surface area (Å²) in [4.78, 5) is 11.2. The van der Waals surface area contributed by atoms with Crippen LogP contribution in [-0.2, 0) is 0 Å². The number of rotatable bonds is 2. The third kappa shape index (κ3) is 2.08. The van der Waals surface area contributed by atoms with E-state index in [2.05, 4.69) is 0 Å². The summed E-state index contributed by atoms with van der Waals surface area (Å²) in [6.45, 7) is 5.94. The summed E-state index contributed by atoms with van der Waals surface area (Å²) < 4.78 is 0. The van der Waals surface area contributed by atoms with E-state index >= 15 is 0 Å². The Morgan fingerprint density at radius 1 is 0.895 bits per heavy atom. The van der Waals surface area contributed by atoms with Crippen LogP contribution in [0.4, 0.5) is 0 Å². The van der Waals surface area contributed by atoms with Gasteiger partial charge in [-0.2, -0.15) is 0 Å². The van der Waals surface area contributed by atoms with E-state index in [1.165, 1.54) is 12.1 Å². The van der Waals surface area contributed by atoms with Crippen molar-refractivity contribution < 1.29 is 15.0 Å². The Morgan fingerprint density at radius 2 is 1.53 bits per heavy atom. The van der Waals surface area contributed by atoms with Crippen LogP contribution in [0.25, 0.3) is 11.1 Å². The number of aromatic hydroxyl groups is 2. The minimum atomic E-state index is -0.125. The van der Waals surface area contributed by atoms with E-state index in [0.717, 1.165) is 22.3 Å². The summed E-state index contributed by atoms with van der Waals surface area (Å²) in [5.74, 6) is -0.133. The van der Waals surface area contributed by atoms with Crippen LogP contribution in [-0.4, -0.2) is 16.5 Å². The smallest absolute Gasteiger partial charge is 0.154 e. The molecule has 0 aliphatic carbocycles. The summed E-state index contributed by atoms with van der Waals surface area (Å²) in [7, 11) is 0. The lowest BCUT2D eigenvalue weighted by Crippen LogP contribution is -1.95. The summed E-state index contributed by atoms with van der Waals surface area (Å²) in [5.41, 5.74) is 4.51. The van der Waals surface area contributed by atoms with Gasteiger partial charge in [0.1, 0.15) is 11.5 Å². The maximum absolute atomic E-state index is 11.2. The number of aldehydes is 1. The van der Waals surface area contributed by atoms with Crippen LogP contribution in [0.1, 0.15) is 27.0 Å². The Hall–Kier alpha value is -2.29. The lowest BCUT2D eigenvalue weighted by Gasteiger charge is -2.15. The number of hydrogen-bond donors (Lipinski definition) is 2. The third-order valence-electron chi connectivity index (χ3n) is 3.65. The first-order valence-electron chi connectivity index (χ1n) is 6.04. The third-order valence-corrected chi connectivity index (χ3v) is 3.65. The molecule has 0 bridgehead atoms. The monoisotopic (exact) mass is 256 g/mol. The molecule has 2 rings (SSSR count). The van der Waals surface area contributed by atoms with E-state index in [9.17, 15) is 15.0 Å². The second-order valence-corrected chi connectivity index (χ2v) is 4.69. The van der Waals surface area contributed by atoms with Gasteiger partial charge in [-0.05, 0) is 55.2 Å². The van der Waals surface area contributed by atoms with Gasteiger partial charge in [0.15, 0.2) is 6.29 Å². The van der Waals surface area contributed by atoms with Crippen LogP contribution in [0.15, 0.2) is 24.3 Å². The molecular weight excluding hydrogens is 240 g/mol. The van der Waals surface area contributed by atoms with Crippen molar-refractivity contribution in [2.24, 2.45) is 0 Å². The number of aryl methyl sites for hydroxylation is 1. The van der Waals surface area contributed by atoms with Gasteiger partial charge in [0.2, 0.25) is 0 Å². The molecule has 3 nitrogen and oxygen atoms in total. The van der Waals surface area contributed by atoms with Gasteiger partial charge in [-0.15, -0.1) is 0 Å². The highest BCUT2D eigenvalue weighted by molar-refractivity contribution is 5.94. The van der Waals surface area contributed by atoms with Gasteiger partial charge in [-0.1, -0.05) is 12.1 Å². The second-order valence-electron chi connectivity index (χ2n) is 4.69. The maximum atomic E-state index is 11.2. The van der Waals surface area contributed by atoms with E-state index in [1.807, 2.05) is 32.9 Å². The van der Waals surface area contributed by atoms with E-state index in [1.54, 1.807) is 0 Å². The largest absolute Gasteiger partial charge is 0.507 e. The van der Waals surface area contributed by atoms with Crippen LogP contribution >= 0.6 is 0 Å². The fourth-order valence-electron chi connectivity index (χ4n) is 2.23. The van der Waals surface area contributed by atoms with Crippen LogP contribution < -0.4 is 0 Å². The number of benzene rings is 2. The van der Waals surface area contributed by atoms with Crippen molar-refractivity contribution in [3.63, 3.8) is 0 Å². The molecule has 0 atom stereocenters. The van der Waals surface area contributed by atoms with Crippen LogP contribution in [0, 0.1) is 20.8 Å². The molecule has 0 aliphatic rings. The SMILES string of the molecule is Cc1ccc(-c2c(O)ccc(O)c2C=O)c(C)c1C. The minimum Gasteiger partial charge on any atom is -0.507 e. The molecule has 2 aromatic carbocycles. The van der Waals surface area contributed by atoms with Crippen molar-refractivity contribution in [2.45, 2.75) is 20.8 Å². The molecule has 98 valence electrons. The van der Waals surface area contributed by atoms with Gasteiger partial charge in [-0.25, -0.2) is 0 Å². The van der Waals surface area contributed by atoms with Crippen molar-refractivity contribution in [2.75, 3.05) is 0 Å². The minimum absolute atomic E-state index is 0.00810. The number of phenols is 2. The average molecular weight is 256 g/mol. The van der Waals surface area contributed by atoms with Gasteiger partial charge < -0.3 is 10.2 Å². The van der Waals surface area contributed by atoms with Crippen molar-refractivity contribution in [3.05, 3.63) is 46.5 Å². The molecule has 0 aromatic heterocycles. The van der Waals surface area contributed by atoms with Crippen molar-refractivity contribution in [1.29, 1.82) is 0 Å². The molecule has 19 heavy (non-hydrogen) atoms. The Morgan fingerprint density at radius 3 is 2.16 bits per heavy atom. The number of carbonyl (C=O) groups is 1. The normalized spacial score (nSPS) is 10.5. The van der Waals surface area contributed by atoms with Gasteiger partial charge in [0.25, 0.3) is 0 Å². The van der Waals surface area contributed by atoms with E-state index in [0.29, 0.717) is 11.8 Å². The summed E-state index contributed by atoms with van der Waals surface area (Å²) in [5, 5.41) is 19.8. The molecule has 0 aliphatic heterocycles. The highest BCUT2D eigenvalue weighted by Crippen LogP contribution is 2.39. The van der Waals surface area contributed by atoms with E-state index < -0.39 is 0 Å². The number of phenolic OH excluding ortho intramolecular Hbond substituents is 2. The fraction of sp³-hybridized carbons (Fsp3) is 0.188. The Labute approximate surface area is 112 Å². The lowest BCUT2D eigenvalue weighted by atomic mass is 9.91. The van der Waals surface area contributed by atoms with Gasteiger partial charge in [0, 0.05) is 5.56 Å². The fourth-order valence-corrected chi connectivity index (χ4v) is 2.23. The molecule has 2 aromatic rings. The van der Waals surface area contributed by atoms with Gasteiger partial charge >= 0.3 is 0 Å². The Balaban J connectivity index is 2.83. The highest BCUT2D eigenvalue weighted by atomic mass is 16.3. The summed E-state index contributed by atoms with van der Waals surface area (Å²) in [6, 6.07) is 6.51. The molecule has 0 spiro atoms. The highest BCUT2D eigenvalue weighted by Gasteiger charge is 2.17. The molecule has 0 amide bonds. The zero-order valence-electron chi connectivity index (χ0n) is 11.2. The standard InChI is InChI=1S/C16H16O3/c1-9-4-5-12(11(3)10(9)2)16-13(8-17)14(18)6-7-15(16)19/h4-8,18-19H,1-3H3. The maximum Gasteiger partial charge on any atom is 0.154 e. The first-order valence-corrected chi connectivity index (χ1v) is 6.04. The molecule has 2 N–H and O–H groups in total. The quantitative estimate of drug-likeness (QED) is 0.638. The van der Waals surface area contributed by atoms with E-state index in [4.69, 9.17) is 0 Å². The second kappa shape index (κ2) is 4.76. The van der Waals surface area contributed by atoms with Crippen LogP contribution in [0.5, 0.6) is 11.5 Å². The predicted octanol–water partition coefficient (Wildman–Crippen LogP) is 3.50. The average Bonchev–Trinajstić information content (AvgIpc) is 2.39. The summed E-state index contributed by atoms with van der Waals surface area (Å²) in [6.07, 6.45) is 0.568. The van der Waals surface area contributed by atoms with Crippen molar-refractivity contribution in [1.82, 2.24) is 0 Å². The molecule has 3 heteroatoms.